The first-order valence-corrected chi connectivity index (χ1v) is 8.96. The molecule has 2 aliphatic rings. The van der Waals surface area contributed by atoms with Crippen LogP contribution in [0.15, 0.2) is 18.2 Å². The second kappa shape index (κ2) is 7.20. The van der Waals surface area contributed by atoms with Crippen molar-refractivity contribution in [3.8, 4) is 0 Å². The summed E-state index contributed by atoms with van der Waals surface area (Å²) in [6.45, 7) is 2.71. The lowest BCUT2D eigenvalue weighted by atomic mass is 9.90. The van der Waals surface area contributed by atoms with Crippen molar-refractivity contribution in [1.82, 2.24) is 10.2 Å². The van der Waals surface area contributed by atoms with E-state index in [9.17, 15) is 19.1 Å². The van der Waals surface area contributed by atoms with Crippen molar-refractivity contribution in [3.05, 3.63) is 34.6 Å². The predicted molar refractivity (Wildman–Crippen MR) is 91.9 cm³/mol. The Hall–Kier alpha value is -1.82. The van der Waals surface area contributed by atoms with Gasteiger partial charge < -0.3 is 15.3 Å². The van der Waals surface area contributed by atoms with Crippen molar-refractivity contribution in [2.24, 2.45) is 17.8 Å². The first-order chi connectivity index (χ1) is 11.8. The van der Waals surface area contributed by atoms with Crippen LogP contribution in [0, 0.1) is 23.6 Å². The van der Waals surface area contributed by atoms with Gasteiger partial charge in [0.15, 0.2) is 0 Å². The van der Waals surface area contributed by atoms with E-state index < -0.39 is 17.7 Å². The zero-order valence-corrected chi connectivity index (χ0v) is 14.8. The molecule has 136 valence electrons. The highest BCUT2D eigenvalue weighted by Crippen LogP contribution is 2.41. The summed E-state index contributed by atoms with van der Waals surface area (Å²) in [6.07, 6.45) is 2.57. The Labute approximate surface area is 151 Å². The maximum Gasteiger partial charge on any atom is 0.317 e. The Morgan fingerprint density at radius 3 is 2.68 bits per heavy atom. The van der Waals surface area contributed by atoms with Gasteiger partial charge >= 0.3 is 12.0 Å². The first-order valence-electron chi connectivity index (χ1n) is 8.58. The topological polar surface area (TPSA) is 69.6 Å². The van der Waals surface area contributed by atoms with E-state index in [2.05, 4.69) is 5.32 Å². The quantitative estimate of drug-likeness (QED) is 0.851. The SMILES string of the molecule is CC1CC(C(=O)O)CN(C(=O)NC(c2ccc(F)c(Cl)c2)C2CC2)C1. The molecule has 5 nitrogen and oxygen atoms in total. The molecule has 0 bridgehead atoms. The Kier molecular flexibility index (Phi) is 5.18. The van der Waals surface area contributed by atoms with E-state index in [-0.39, 0.29) is 29.6 Å². The fourth-order valence-electron chi connectivity index (χ4n) is 3.53. The Morgan fingerprint density at radius 1 is 1.36 bits per heavy atom. The van der Waals surface area contributed by atoms with Crippen LogP contribution >= 0.6 is 11.6 Å². The maximum absolute atomic E-state index is 13.4. The van der Waals surface area contributed by atoms with Gasteiger partial charge in [-0.3, -0.25) is 4.79 Å². The van der Waals surface area contributed by atoms with Gasteiger partial charge in [0, 0.05) is 13.1 Å². The molecule has 2 fully saturated rings. The standard InChI is InChI=1S/C18H22ClFN2O3/c1-10-6-13(17(23)24)9-22(8-10)18(25)21-16(11-2-3-11)12-4-5-15(20)14(19)7-12/h4-5,7,10-11,13,16H,2-3,6,8-9H2,1H3,(H,21,25)(H,23,24). The van der Waals surface area contributed by atoms with E-state index in [1.54, 1.807) is 17.0 Å². The van der Waals surface area contributed by atoms with Crippen molar-refractivity contribution in [2.45, 2.75) is 32.2 Å². The summed E-state index contributed by atoms with van der Waals surface area (Å²) in [5.41, 5.74) is 0.780. The van der Waals surface area contributed by atoms with E-state index in [1.807, 2.05) is 6.92 Å². The van der Waals surface area contributed by atoms with Crippen molar-refractivity contribution >= 4 is 23.6 Å². The number of carboxylic acid groups (broad SMARTS) is 1. The largest absolute Gasteiger partial charge is 0.481 e. The van der Waals surface area contributed by atoms with Crippen molar-refractivity contribution in [2.75, 3.05) is 13.1 Å². The average Bonchev–Trinajstić information content (AvgIpc) is 3.39. The van der Waals surface area contributed by atoms with Gasteiger partial charge in [-0.2, -0.15) is 0 Å². The number of carboxylic acids is 1. The number of rotatable bonds is 4. The number of likely N-dealkylation sites (tertiary alicyclic amines) is 1. The number of carbonyl (C=O) groups is 2. The highest BCUT2D eigenvalue weighted by Gasteiger charge is 2.37. The summed E-state index contributed by atoms with van der Waals surface area (Å²) in [5.74, 6) is -1.44. The molecule has 1 aliphatic heterocycles. The van der Waals surface area contributed by atoms with Gasteiger partial charge in [0.1, 0.15) is 5.82 Å². The molecule has 0 spiro atoms. The van der Waals surface area contributed by atoms with Crippen LogP contribution in [-0.4, -0.2) is 35.1 Å². The summed E-state index contributed by atoms with van der Waals surface area (Å²) in [6, 6.07) is 4.01. The molecule has 25 heavy (non-hydrogen) atoms. The van der Waals surface area contributed by atoms with Crippen LogP contribution < -0.4 is 5.32 Å². The molecule has 2 N–H and O–H groups in total. The van der Waals surface area contributed by atoms with Gasteiger partial charge in [0.25, 0.3) is 0 Å². The third-order valence-electron chi connectivity index (χ3n) is 4.97. The number of urea groups is 1. The molecular weight excluding hydrogens is 347 g/mol. The minimum absolute atomic E-state index is 0.0370. The lowest BCUT2D eigenvalue weighted by molar-refractivity contribution is -0.143. The van der Waals surface area contributed by atoms with Crippen LogP contribution in [0.5, 0.6) is 0 Å². The van der Waals surface area contributed by atoms with Crippen LogP contribution in [0.4, 0.5) is 9.18 Å². The molecule has 0 aromatic heterocycles. The second-order valence-corrected chi connectivity index (χ2v) is 7.63. The maximum atomic E-state index is 13.4. The summed E-state index contributed by atoms with van der Waals surface area (Å²) in [5, 5.41) is 12.3. The van der Waals surface area contributed by atoms with Crippen molar-refractivity contribution in [3.63, 3.8) is 0 Å². The zero-order valence-electron chi connectivity index (χ0n) is 14.0. The molecule has 3 atom stereocenters. The van der Waals surface area contributed by atoms with Crippen molar-refractivity contribution < 1.29 is 19.1 Å². The Bertz CT molecular complexity index is 680. The molecule has 3 rings (SSSR count). The molecule has 1 aromatic carbocycles. The molecule has 1 aliphatic carbocycles. The minimum Gasteiger partial charge on any atom is -0.481 e. The minimum atomic E-state index is -0.867. The van der Waals surface area contributed by atoms with Gasteiger partial charge in [-0.15, -0.1) is 0 Å². The van der Waals surface area contributed by atoms with Crippen LogP contribution in [0.1, 0.15) is 37.8 Å². The summed E-state index contributed by atoms with van der Waals surface area (Å²) < 4.78 is 13.4. The third-order valence-corrected chi connectivity index (χ3v) is 5.26. The first kappa shape index (κ1) is 18.0. The number of nitrogens with zero attached hydrogens (tertiary/aromatic N) is 1. The number of amides is 2. The number of benzene rings is 1. The number of aliphatic carboxylic acids is 1. The third kappa shape index (κ3) is 4.24. The van der Waals surface area contributed by atoms with Gasteiger partial charge in [-0.25, -0.2) is 9.18 Å². The number of piperidine rings is 1. The fraction of sp³-hybridized carbons (Fsp3) is 0.556. The molecule has 1 aromatic rings. The lowest BCUT2D eigenvalue weighted by Crippen LogP contribution is -2.50. The fourth-order valence-corrected chi connectivity index (χ4v) is 3.72. The molecule has 1 saturated heterocycles. The smallest absolute Gasteiger partial charge is 0.317 e. The number of hydrogen-bond acceptors (Lipinski definition) is 2. The molecule has 1 heterocycles. The molecule has 3 unspecified atom stereocenters. The number of nitrogens with one attached hydrogen (secondary N) is 1. The van der Waals surface area contributed by atoms with Gasteiger partial charge in [0.05, 0.1) is 17.0 Å². The van der Waals surface area contributed by atoms with Gasteiger partial charge in [0.2, 0.25) is 0 Å². The summed E-state index contributed by atoms with van der Waals surface area (Å²) in [4.78, 5) is 25.6. The Morgan fingerprint density at radius 2 is 2.08 bits per heavy atom. The highest BCUT2D eigenvalue weighted by molar-refractivity contribution is 6.30. The normalized spacial score (nSPS) is 24.7. The van der Waals surface area contributed by atoms with Crippen LogP contribution in [0.2, 0.25) is 5.02 Å². The van der Waals surface area contributed by atoms with Gasteiger partial charge in [-0.05, 0) is 48.8 Å². The van der Waals surface area contributed by atoms with Crippen molar-refractivity contribution in [1.29, 1.82) is 0 Å². The molecule has 1 saturated carbocycles. The number of carbonyl (C=O) groups excluding carboxylic acids is 1. The van der Waals surface area contributed by atoms with E-state index in [1.165, 1.54) is 6.07 Å². The van der Waals surface area contributed by atoms with Crippen LogP contribution in [0.3, 0.4) is 0 Å². The van der Waals surface area contributed by atoms with Crippen LogP contribution in [0.25, 0.3) is 0 Å². The zero-order chi connectivity index (χ0) is 18.1. The molecule has 0 radical (unpaired) electrons. The molecule has 2 amide bonds. The lowest BCUT2D eigenvalue weighted by Gasteiger charge is -2.35. The summed E-state index contributed by atoms with van der Waals surface area (Å²) >= 11 is 5.88. The average molecular weight is 369 g/mol. The van der Waals surface area contributed by atoms with Gasteiger partial charge in [-0.1, -0.05) is 24.6 Å². The summed E-state index contributed by atoms with van der Waals surface area (Å²) in [7, 11) is 0. The number of halogens is 2. The Balaban J connectivity index is 1.72. The van der Waals surface area contributed by atoms with E-state index in [0.717, 1.165) is 18.4 Å². The number of hydrogen-bond donors (Lipinski definition) is 2. The highest BCUT2D eigenvalue weighted by atomic mass is 35.5. The van der Waals surface area contributed by atoms with E-state index in [4.69, 9.17) is 11.6 Å². The van der Waals surface area contributed by atoms with E-state index in [0.29, 0.717) is 18.9 Å². The van der Waals surface area contributed by atoms with E-state index >= 15 is 0 Å². The molecular formula is C18H22ClFN2O3. The predicted octanol–water partition coefficient (Wildman–Crippen LogP) is 3.68. The van der Waals surface area contributed by atoms with Crippen LogP contribution in [-0.2, 0) is 4.79 Å². The monoisotopic (exact) mass is 368 g/mol. The molecule has 7 heteroatoms. The second-order valence-electron chi connectivity index (χ2n) is 7.22.